The molecular weight excluding hydrogens is 508 g/mol. The highest BCUT2D eigenvalue weighted by Crippen LogP contribution is 2.32. The summed E-state index contributed by atoms with van der Waals surface area (Å²) in [5.74, 6) is -0.236. The quantitative estimate of drug-likeness (QED) is 0.482. The molecule has 0 aliphatic heterocycles. The molecule has 35 heavy (non-hydrogen) atoms. The van der Waals surface area contributed by atoms with Crippen molar-refractivity contribution in [2.45, 2.75) is 57.7 Å². The second-order valence-corrected chi connectivity index (χ2v) is 10.9. The fraction of sp³-hybridized carbons (Fsp3) is 0.370. The Morgan fingerprint density at radius 2 is 1.89 bits per heavy atom. The maximum Gasteiger partial charge on any atom is 0.408 e. The number of aromatic nitrogens is 2. The molecule has 1 heterocycles. The second-order valence-electron chi connectivity index (χ2n) is 10.0. The highest BCUT2D eigenvalue weighted by molar-refractivity contribution is 9.10. The standard InChI is InChI=1S/C27H31BrN4O3/c1-26(2,3)35-25(34)30-27(13-12-19-14-22(28)11-10-20(19)15-27)24(33)29-16-21-17-32(4)31-23(21)18-8-6-5-7-9-18/h5-11,14,17H,12-13,15-16H2,1-4H3,(H,29,33)(H,30,34). The fourth-order valence-electron chi connectivity index (χ4n) is 4.47. The molecule has 0 spiro atoms. The molecule has 1 atom stereocenters. The van der Waals surface area contributed by atoms with Crippen LogP contribution in [-0.2, 0) is 36.0 Å². The van der Waals surface area contributed by atoms with Gasteiger partial charge in [0.05, 0.1) is 5.69 Å². The number of halogens is 1. The second kappa shape index (κ2) is 9.85. The number of amides is 2. The van der Waals surface area contributed by atoms with Crippen LogP contribution in [0.15, 0.2) is 59.2 Å². The lowest BCUT2D eigenvalue weighted by Crippen LogP contribution is -2.62. The summed E-state index contributed by atoms with van der Waals surface area (Å²) in [7, 11) is 1.86. The first kappa shape index (κ1) is 25.0. The van der Waals surface area contributed by atoms with Gasteiger partial charge >= 0.3 is 6.09 Å². The highest BCUT2D eigenvalue weighted by atomic mass is 79.9. The highest BCUT2D eigenvalue weighted by Gasteiger charge is 2.43. The number of alkyl carbamates (subject to hydrolysis) is 1. The molecule has 2 N–H and O–H groups in total. The largest absolute Gasteiger partial charge is 0.444 e. The summed E-state index contributed by atoms with van der Waals surface area (Å²) >= 11 is 3.52. The topological polar surface area (TPSA) is 85.2 Å². The van der Waals surface area contributed by atoms with Crippen LogP contribution in [0.3, 0.4) is 0 Å². The van der Waals surface area contributed by atoms with E-state index in [4.69, 9.17) is 4.74 Å². The Hall–Kier alpha value is -3.13. The molecule has 7 nitrogen and oxygen atoms in total. The predicted molar refractivity (Wildman–Crippen MR) is 139 cm³/mol. The van der Waals surface area contributed by atoms with Crippen molar-refractivity contribution in [2.24, 2.45) is 7.05 Å². The van der Waals surface area contributed by atoms with Crippen molar-refractivity contribution in [1.82, 2.24) is 20.4 Å². The molecule has 8 heteroatoms. The number of nitrogens with one attached hydrogen (secondary N) is 2. The molecule has 0 saturated heterocycles. The van der Waals surface area contributed by atoms with E-state index in [1.807, 2.05) is 55.7 Å². The number of carbonyl (C=O) groups excluding carboxylic acids is 2. The third-order valence-electron chi connectivity index (χ3n) is 6.05. The Bertz CT molecular complexity index is 1230. The maximum atomic E-state index is 13.7. The van der Waals surface area contributed by atoms with Gasteiger partial charge in [-0.05, 0) is 56.9 Å². The average molecular weight is 539 g/mol. The van der Waals surface area contributed by atoms with Crippen molar-refractivity contribution in [3.8, 4) is 11.3 Å². The minimum Gasteiger partial charge on any atom is -0.444 e. The van der Waals surface area contributed by atoms with Gasteiger partial charge in [0.25, 0.3) is 0 Å². The van der Waals surface area contributed by atoms with Gasteiger partial charge in [-0.25, -0.2) is 4.79 Å². The predicted octanol–water partition coefficient (Wildman–Crippen LogP) is 4.92. The number of nitrogens with zero attached hydrogens (tertiary/aromatic N) is 2. The van der Waals surface area contributed by atoms with Crippen LogP contribution in [0.5, 0.6) is 0 Å². The fourth-order valence-corrected chi connectivity index (χ4v) is 4.88. The molecule has 3 aromatic rings. The molecule has 1 aliphatic rings. The molecule has 1 aromatic heterocycles. The molecule has 0 fully saturated rings. The summed E-state index contributed by atoms with van der Waals surface area (Å²) in [6.45, 7) is 5.71. The molecule has 0 saturated carbocycles. The van der Waals surface area contributed by atoms with E-state index >= 15 is 0 Å². The van der Waals surface area contributed by atoms with Gasteiger partial charge in [0.15, 0.2) is 0 Å². The summed E-state index contributed by atoms with van der Waals surface area (Å²) in [4.78, 5) is 26.5. The van der Waals surface area contributed by atoms with E-state index in [1.54, 1.807) is 25.5 Å². The van der Waals surface area contributed by atoms with Crippen LogP contribution in [0.2, 0.25) is 0 Å². The number of rotatable bonds is 5. The van der Waals surface area contributed by atoms with Gasteiger partial charge in [-0.2, -0.15) is 5.10 Å². The zero-order chi connectivity index (χ0) is 25.2. The molecule has 1 unspecified atom stereocenters. The molecule has 0 bridgehead atoms. The van der Waals surface area contributed by atoms with Crippen molar-refractivity contribution >= 4 is 27.9 Å². The number of carbonyl (C=O) groups is 2. The van der Waals surface area contributed by atoms with E-state index in [-0.39, 0.29) is 5.91 Å². The number of aryl methyl sites for hydroxylation is 2. The summed E-state index contributed by atoms with van der Waals surface area (Å²) < 4.78 is 8.26. The number of ether oxygens (including phenoxy) is 1. The lowest BCUT2D eigenvalue weighted by atomic mass is 9.77. The zero-order valence-electron chi connectivity index (χ0n) is 20.5. The Kier molecular flexibility index (Phi) is 7.03. The molecule has 2 aromatic carbocycles. The van der Waals surface area contributed by atoms with Crippen LogP contribution in [0.25, 0.3) is 11.3 Å². The van der Waals surface area contributed by atoms with Crippen molar-refractivity contribution in [3.63, 3.8) is 0 Å². The lowest BCUT2D eigenvalue weighted by molar-refractivity contribution is -0.128. The van der Waals surface area contributed by atoms with Crippen molar-refractivity contribution in [2.75, 3.05) is 0 Å². The van der Waals surface area contributed by atoms with Gasteiger partial charge in [0.1, 0.15) is 11.1 Å². The Morgan fingerprint density at radius 3 is 2.60 bits per heavy atom. The first-order chi connectivity index (χ1) is 16.5. The van der Waals surface area contributed by atoms with Crippen LogP contribution in [-0.4, -0.2) is 32.9 Å². The number of hydrogen-bond donors (Lipinski definition) is 2. The molecule has 4 rings (SSSR count). The van der Waals surface area contributed by atoms with Gasteiger partial charge in [-0.15, -0.1) is 0 Å². The third kappa shape index (κ3) is 5.93. The van der Waals surface area contributed by atoms with Crippen molar-refractivity contribution in [3.05, 3.63) is 75.9 Å². The van der Waals surface area contributed by atoms with Crippen LogP contribution >= 0.6 is 15.9 Å². The number of benzene rings is 2. The summed E-state index contributed by atoms with van der Waals surface area (Å²) in [6.07, 6.45) is 2.84. The normalized spacial score (nSPS) is 17.4. The van der Waals surface area contributed by atoms with Crippen LogP contribution in [0.1, 0.15) is 43.9 Å². The van der Waals surface area contributed by atoms with Gasteiger partial charge < -0.3 is 15.4 Å². The zero-order valence-corrected chi connectivity index (χ0v) is 22.1. The smallest absolute Gasteiger partial charge is 0.408 e. The number of fused-ring (bicyclic) bond motifs is 1. The molecular formula is C27H31BrN4O3. The minimum absolute atomic E-state index is 0.236. The number of hydrogen-bond acceptors (Lipinski definition) is 4. The van der Waals surface area contributed by atoms with Crippen LogP contribution in [0.4, 0.5) is 4.79 Å². The van der Waals surface area contributed by atoms with E-state index in [1.165, 1.54) is 5.56 Å². The van der Waals surface area contributed by atoms with Crippen LogP contribution < -0.4 is 10.6 Å². The molecule has 0 radical (unpaired) electrons. The first-order valence-corrected chi connectivity index (χ1v) is 12.5. The summed E-state index contributed by atoms with van der Waals surface area (Å²) in [5, 5.41) is 10.6. The van der Waals surface area contributed by atoms with E-state index < -0.39 is 17.2 Å². The van der Waals surface area contributed by atoms with Crippen molar-refractivity contribution < 1.29 is 14.3 Å². The van der Waals surface area contributed by atoms with Crippen molar-refractivity contribution in [1.29, 1.82) is 0 Å². The summed E-state index contributed by atoms with van der Waals surface area (Å²) in [5.41, 5.74) is 3.14. The van der Waals surface area contributed by atoms with E-state index in [2.05, 4.69) is 37.7 Å². The van der Waals surface area contributed by atoms with E-state index in [9.17, 15) is 9.59 Å². The van der Waals surface area contributed by atoms with E-state index in [0.29, 0.717) is 25.8 Å². The Labute approximate surface area is 214 Å². The third-order valence-corrected chi connectivity index (χ3v) is 6.54. The first-order valence-electron chi connectivity index (χ1n) is 11.7. The lowest BCUT2D eigenvalue weighted by Gasteiger charge is -2.38. The van der Waals surface area contributed by atoms with Gasteiger partial charge in [-0.3, -0.25) is 9.48 Å². The van der Waals surface area contributed by atoms with Crippen LogP contribution in [0, 0.1) is 0 Å². The van der Waals surface area contributed by atoms with Gasteiger partial charge in [-0.1, -0.05) is 52.3 Å². The molecule has 1 aliphatic carbocycles. The average Bonchev–Trinajstić information content (AvgIpc) is 3.17. The molecule has 2 amide bonds. The maximum absolute atomic E-state index is 13.7. The van der Waals surface area contributed by atoms with Gasteiger partial charge in [0.2, 0.25) is 5.91 Å². The summed E-state index contributed by atoms with van der Waals surface area (Å²) in [6, 6.07) is 15.9. The Balaban J connectivity index is 1.58. The minimum atomic E-state index is -1.11. The Morgan fingerprint density at radius 1 is 1.14 bits per heavy atom. The molecule has 184 valence electrons. The van der Waals surface area contributed by atoms with Gasteiger partial charge in [0, 0.05) is 41.8 Å². The SMILES string of the molecule is Cn1cc(CNC(=O)C2(NC(=O)OC(C)(C)C)CCc3cc(Br)ccc3C2)c(-c2ccccc2)n1. The monoisotopic (exact) mass is 538 g/mol. The van der Waals surface area contributed by atoms with E-state index in [0.717, 1.165) is 26.9 Å².